The lowest BCUT2D eigenvalue weighted by molar-refractivity contribution is -0.121. The number of hydrogen-bond donors (Lipinski definition) is 1. The minimum atomic E-state index is -0.691. The first-order valence-electron chi connectivity index (χ1n) is 11.2. The van der Waals surface area contributed by atoms with Gasteiger partial charge in [0.15, 0.2) is 11.5 Å². The van der Waals surface area contributed by atoms with Crippen molar-refractivity contribution in [3.8, 4) is 11.5 Å². The van der Waals surface area contributed by atoms with Gasteiger partial charge in [-0.15, -0.1) is 0 Å². The molecule has 2 aliphatic heterocycles. The van der Waals surface area contributed by atoms with Crippen LogP contribution in [0.2, 0.25) is 0 Å². The summed E-state index contributed by atoms with van der Waals surface area (Å²) in [6.45, 7) is 0.424. The molecule has 0 spiro atoms. The van der Waals surface area contributed by atoms with Gasteiger partial charge in [0, 0.05) is 24.7 Å². The number of aromatic nitrogens is 1. The van der Waals surface area contributed by atoms with Crippen molar-refractivity contribution in [3.63, 3.8) is 0 Å². The van der Waals surface area contributed by atoms with Crippen LogP contribution in [0, 0.1) is 0 Å². The van der Waals surface area contributed by atoms with Gasteiger partial charge in [-0.1, -0.05) is 24.3 Å². The van der Waals surface area contributed by atoms with Crippen LogP contribution in [-0.4, -0.2) is 48.4 Å². The maximum Gasteiger partial charge on any atom is 0.264 e. The smallest absolute Gasteiger partial charge is 0.264 e. The Labute approximate surface area is 202 Å². The second kappa shape index (κ2) is 9.09. The third-order valence-corrected chi connectivity index (χ3v) is 6.26. The van der Waals surface area contributed by atoms with E-state index in [2.05, 4.69) is 10.3 Å². The van der Waals surface area contributed by atoms with Gasteiger partial charge in [0.1, 0.15) is 6.17 Å². The largest absolute Gasteiger partial charge is 0.493 e. The summed E-state index contributed by atoms with van der Waals surface area (Å²) in [4.78, 5) is 47.2. The van der Waals surface area contributed by atoms with Crippen molar-refractivity contribution in [2.24, 2.45) is 0 Å². The summed E-state index contributed by atoms with van der Waals surface area (Å²) >= 11 is 0. The molecule has 0 fully saturated rings. The van der Waals surface area contributed by atoms with E-state index in [1.807, 2.05) is 18.2 Å². The number of hydrogen-bond acceptors (Lipinski definition) is 6. The molecule has 1 atom stereocenters. The number of carbonyl (C=O) groups is 3. The first-order valence-corrected chi connectivity index (χ1v) is 11.2. The molecule has 35 heavy (non-hydrogen) atoms. The number of amides is 3. The number of nitrogens with zero attached hydrogens (tertiary/aromatic N) is 3. The number of ether oxygens (including phenoxy) is 2. The fraction of sp³-hybridized carbons (Fsp3) is 0.231. The summed E-state index contributed by atoms with van der Waals surface area (Å²) in [7, 11) is 2.98. The van der Waals surface area contributed by atoms with Gasteiger partial charge < -0.3 is 19.7 Å². The molecule has 0 aliphatic carbocycles. The molecule has 1 unspecified atom stereocenters. The van der Waals surface area contributed by atoms with Crippen molar-refractivity contribution < 1.29 is 23.9 Å². The Morgan fingerprint density at radius 3 is 2.54 bits per heavy atom. The molecule has 3 aromatic rings. The van der Waals surface area contributed by atoms with Crippen molar-refractivity contribution in [2.75, 3.05) is 25.7 Å². The maximum atomic E-state index is 13.7. The van der Waals surface area contributed by atoms with Crippen LogP contribution in [0.3, 0.4) is 0 Å². The number of fused-ring (bicyclic) bond motifs is 5. The minimum absolute atomic E-state index is 0.0713. The summed E-state index contributed by atoms with van der Waals surface area (Å²) in [5.74, 6) is 0.00715. The SMILES string of the molecule is COc1ccc2c(c1OC)C(=O)N1c3ccccc3C(=O)N(CCC(=O)NCc3ccccn3)C21. The topological polar surface area (TPSA) is 101 Å². The molecule has 3 heterocycles. The van der Waals surface area contributed by atoms with E-state index in [9.17, 15) is 14.4 Å². The number of pyridine rings is 1. The van der Waals surface area contributed by atoms with Crippen LogP contribution in [0.4, 0.5) is 5.69 Å². The highest BCUT2D eigenvalue weighted by Gasteiger charge is 2.49. The fourth-order valence-electron chi connectivity index (χ4n) is 4.65. The fourth-order valence-corrected chi connectivity index (χ4v) is 4.65. The highest BCUT2D eigenvalue weighted by molar-refractivity contribution is 6.18. The Hall–Kier alpha value is -4.40. The molecule has 0 saturated heterocycles. The molecule has 9 heteroatoms. The second-order valence-electron chi connectivity index (χ2n) is 8.18. The van der Waals surface area contributed by atoms with Crippen molar-refractivity contribution in [2.45, 2.75) is 19.1 Å². The first-order chi connectivity index (χ1) is 17.0. The highest BCUT2D eigenvalue weighted by atomic mass is 16.5. The molecule has 3 amide bonds. The highest BCUT2D eigenvalue weighted by Crippen LogP contribution is 2.49. The van der Waals surface area contributed by atoms with Gasteiger partial charge in [-0.3, -0.25) is 24.3 Å². The van der Waals surface area contributed by atoms with Crippen molar-refractivity contribution in [1.82, 2.24) is 15.2 Å². The van der Waals surface area contributed by atoms with Crippen LogP contribution in [0.5, 0.6) is 11.5 Å². The Balaban J connectivity index is 1.46. The van der Waals surface area contributed by atoms with Crippen LogP contribution in [0.15, 0.2) is 60.8 Å². The molecule has 2 aliphatic rings. The average Bonchev–Trinajstić information content (AvgIpc) is 3.19. The zero-order valence-electron chi connectivity index (χ0n) is 19.4. The summed E-state index contributed by atoms with van der Waals surface area (Å²) in [6.07, 6.45) is 1.04. The molecule has 0 radical (unpaired) electrons. The Morgan fingerprint density at radius 1 is 1.00 bits per heavy atom. The molecule has 0 bridgehead atoms. The van der Waals surface area contributed by atoms with Gasteiger partial charge in [-0.2, -0.15) is 0 Å². The Kier molecular flexibility index (Phi) is 5.82. The van der Waals surface area contributed by atoms with Crippen LogP contribution >= 0.6 is 0 Å². The van der Waals surface area contributed by atoms with E-state index in [0.29, 0.717) is 40.4 Å². The third-order valence-electron chi connectivity index (χ3n) is 6.26. The van der Waals surface area contributed by atoms with Crippen molar-refractivity contribution in [3.05, 3.63) is 83.2 Å². The Morgan fingerprint density at radius 2 is 1.80 bits per heavy atom. The van der Waals surface area contributed by atoms with Gasteiger partial charge in [0.05, 0.1) is 43.3 Å². The minimum Gasteiger partial charge on any atom is -0.493 e. The van der Waals surface area contributed by atoms with E-state index in [4.69, 9.17) is 9.47 Å². The summed E-state index contributed by atoms with van der Waals surface area (Å²) in [5.41, 5.74) is 2.66. The van der Waals surface area contributed by atoms with Crippen molar-refractivity contribution >= 4 is 23.4 Å². The molecule has 1 N–H and O–H groups in total. The molecule has 178 valence electrons. The molecule has 5 rings (SSSR count). The van der Waals surface area contributed by atoms with Gasteiger partial charge in [0.25, 0.3) is 11.8 Å². The summed E-state index contributed by atoms with van der Waals surface area (Å²) in [6, 6.07) is 16.0. The van der Waals surface area contributed by atoms with E-state index >= 15 is 0 Å². The van der Waals surface area contributed by atoms with Crippen LogP contribution in [-0.2, 0) is 11.3 Å². The van der Waals surface area contributed by atoms with Crippen molar-refractivity contribution in [1.29, 1.82) is 0 Å². The molecular formula is C26H24N4O5. The monoisotopic (exact) mass is 472 g/mol. The van der Waals surface area contributed by atoms with Crippen LogP contribution < -0.4 is 19.7 Å². The molecule has 9 nitrogen and oxygen atoms in total. The van der Waals surface area contributed by atoms with Crippen LogP contribution in [0.1, 0.15) is 44.6 Å². The zero-order valence-corrected chi connectivity index (χ0v) is 19.4. The summed E-state index contributed by atoms with van der Waals surface area (Å²) < 4.78 is 10.9. The zero-order chi connectivity index (χ0) is 24.5. The van der Waals surface area contributed by atoms with Gasteiger partial charge in [0.2, 0.25) is 5.91 Å². The number of methoxy groups -OCH3 is 2. The lowest BCUT2D eigenvalue weighted by atomic mass is 10.0. The van der Waals surface area contributed by atoms with E-state index in [1.165, 1.54) is 14.2 Å². The quantitative estimate of drug-likeness (QED) is 0.568. The number of para-hydroxylation sites is 1. The normalized spacial score (nSPS) is 15.9. The number of carbonyl (C=O) groups excluding carboxylic acids is 3. The molecule has 2 aromatic carbocycles. The number of rotatable bonds is 7. The van der Waals surface area contributed by atoms with Gasteiger partial charge in [-0.25, -0.2) is 0 Å². The standard InChI is InChI=1S/C26H24N4O5/c1-34-20-11-10-18-22(23(20)35-2)26(33)30-19-9-4-3-8-17(19)25(32)29(24(18)30)14-12-21(31)28-15-16-7-5-6-13-27-16/h3-11,13,24H,12,14-15H2,1-2H3,(H,28,31). The molecule has 1 aromatic heterocycles. The predicted octanol–water partition coefficient (Wildman–Crippen LogP) is 2.92. The van der Waals surface area contributed by atoms with E-state index in [1.54, 1.807) is 52.4 Å². The third kappa shape index (κ3) is 3.74. The van der Waals surface area contributed by atoms with Crippen LogP contribution in [0.25, 0.3) is 0 Å². The van der Waals surface area contributed by atoms with E-state index in [-0.39, 0.29) is 30.7 Å². The predicted molar refractivity (Wildman–Crippen MR) is 127 cm³/mol. The molecule has 0 saturated carbocycles. The van der Waals surface area contributed by atoms with E-state index < -0.39 is 6.17 Å². The number of benzene rings is 2. The number of nitrogens with one attached hydrogen (secondary N) is 1. The second-order valence-corrected chi connectivity index (χ2v) is 8.18. The number of anilines is 1. The lowest BCUT2D eigenvalue weighted by Crippen LogP contribution is -2.49. The average molecular weight is 473 g/mol. The summed E-state index contributed by atoms with van der Waals surface area (Å²) in [5, 5.41) is 2.84. The van der Waals surface area contributed by atoms with Gasteiger partial charge >= 0.3 is 0 Å². The molecular weight excluding hydrogens is 448 g/mol. The Bertz CT molecular complexity index is 1310. The van der Waals surface area contributed by atoms with E-state index in [0.717, 1.165) is 5.69 Å². The lowest BCUT2D eigenvalue weighted by Gasteiger charge is -2.40. The first kappa shape index (κ1) is 22.4. The van der Waals surface area contributed by atoms with Gasteiger partial charge in [-0.05, 0) is 30.3 Å². The maximum absolute atomic E-state index is 13.7.